The molecule has 2 unspecified atom stereocenters. The molecular formula is C34H41N5O5S. The lowest BCUT2D eigenvalue weighted by molar-refractivity contribution is -0.159. The molecule has 238 valence electrons. The van der Waals surface area contributed by atoms with Crippen LogP contribution in [0.3, 0.4) is 0 Å². The number of benzene rings is 2. The minimum absolute atomic E-state index is 0.0792. The average molecular weight is 632 g/mol. The van der Waals surface area contributed by atoms with Crippen molar-refractivity contribution in [1.82, 2.24) is 23.8 Å². The minimum Gasteiger partial charge on any atom is -0.497 e. The number of likely N-dealkylation sites (tertiary alicyclic amines) is 2. The molecule has 4 heterocycles. The molecule has 3 aliphatic heterocycles. The zero-order valence-corrected chi connectivity index (χ0v) is 27.0. The number of hydrogen-bond donors (Lipinski definition) is 2. The van der Waals surface area contributed by atoms with Crippen LogP contribution in [-0.4, -0.2) is 81.0 Å². The van der Waals surface area contributed by atoms with Crippen molar-refractivity contribution in [3.05, 3.63) is 53.1 Å². The molecule has 8 rings (SSSR count). The minimum atomic E-state index is -3.96. The van der Waals surface area contributed by atoms with Gasteiger partial charge in [-0.05, 0) is 80.1 Å². The quantitative estimate of drug-likeness (QED) is 0.426. The Morgan fingerprint density at radius 1 is 1.02 bits per heavy atom. The lowest BCUT2D eigenvalue weighted by Gasteiger charge is -2.56. The van der Waals surface area contributed by atoms with E-state index in [1.54, 1.807) is 13.2 Å². The van der Waals surface area contributed by atoms with Gasteiger partial charge in [-0.15, -0.1) is 0 Å². The molecule has 2 N–H and O–H groups in total. The van der Waals surface area contributed by atoms with Gasteiger partial charge in [0.05, 0.1) is 18.2 Å². The second kappa shape index (κ2) is 10.3. The largest absolute Gasteiger partial charge is 0.497 e. The summed E-state index contributed by atoms with van der Waals surface area (Å²) in [5, 5.41) is 1.08. The number of fused-ring (bicyclic) bond motifs is 9. The summed E-state index contributed by atoms with van der Waals surface area (Å²) in [6.07, 6.45) is 7.61. The van der Waals surface area contributed by atoms with Gasteiger partial charge >= 0.3 is 10.2 Å². The van der Waals surface area contributed by atoms with Crippen LogP contribution in [-0.2, 0) is 21.5 Å². The molecule has 2 aromatic carbocycles. The zero-order chi connectivity index (χ0) is 31.2. The molecule has 0 spiro atoms. The summed E-state index contributed by atoms with van der Waals surface area (Å²) in [5.41, 5.74) is 5.30. The first kappa shape index (κ1) is 29.0. The summed E-state index contributed by atoms with van der Waals surface area (Å²) in [4.78, 5) is 32.4. The van der Waals surface area contributed by atoms with E-state index in [2.05, 4.69) is 43.0 Å². The summed E-state index contributed by atoms with van der Waals surface area (Å²) in [6.45, 7) is 2.34. The Balaban J connectivity index is 1.33. The first-order valence-corrected chi connectivity index (χ1v) is 17.7. The Labute approximate surface area is 264 Å². The van der Waals surface area contributed by atoms with Crippen molar-refractivity contribution in [2.45, 2.75) is 75.4 Å². The lowest BCUT2D eigenvalue weighted by atomic mass is 9.81. The molecule has 2 bridgehead atoms. The third-order valence-electron chi connectivity index (χ3n) is 11.3. The number of piperazine rings is 1. The average Bonchev–Trinajstić information content (AvgIpc) is 3.71. The third kappa shape index (κ3) is 4.45. The Bertz CT molecular complexity index is 1830. The van der Waals surface area contributed by atoms with E-state index < -0.39 is 21.5 Å². The van der Waals surface area contributed by atoms with E-state index in [9.17, 15) is 18.0 Å². The van der Waals surface area contributed by atoms with Crippen LogP contribution in [0.1, 0.15) is 78.3 Å². The number of methoxy groups -OCH3 is 1. The van der Waals surface area contributed by atoms with E-state index in [1.165, 1.54) is 37.4 Å². The molecule has 2 amide bonds. The molecular weight excluding hydrogens is 590 g/mol. The van der Waals surface area contributed by atoms with Gasteiger partial charge in [0.2, 0.25) is 5.91 Å². The number of nitrogens with zero attached hydrogens (tertiary/aromatic N) is 3. The third-order valence-corrected chi connectivity index (χ3v) is 12.3. The number of nitrogens with one attached hydrogen (secondary N) is 2. The number of ether oxygens (including phenoxy) is 1. The van der Waals surface area contributed by atoms with E-state index in [1.807, 2.05) is 18.2 Å². The normalized spacial score (nSPS) is 27.5. The molecule has 11 heteroatoms. The Kier molecular flexibility index (Phi) is 6.64. The maximum atomic E-state index is 14.7. The fourth-order valence-corrected chi connectivity index (χ4v) is 9.53. The van der Waals surface area contributed by atoms with Crippen LogP contribution in [0.15, 0.2) is 36.4 Å². The Morgan fingerprint density at radius 2 is 1.78 bits per heavy atom. The van der Waals surface area contributed by atoms with Crippen molar-refractivity contribution in [2.75, 3.05) is 34.3 Å². The van der Waals surface area contributed by atoms with Gasteiger partial charge in [-0.25, -0.2) is 9.44 Å². The monoisotopic (exact) mass is 631 g/mol. The second-order valence-corrected chi connectivity index (χ2v) is 15.5. The SMILES string of the molecule is CNS(=O)(=O)NC(=O)c1ccc2c(C3CCCCC3)c3n(c2c1)CC1(C(=O)N2[C@@H]4C[C@H]2CN(C)C4)CC1c1cc(OC)ccc1-3. The van der Waals surface area contributed by atoms with E-state index >= 15 is 0 Å². The highest BCUT2D eigenvalue weighted by atomic mass is 32.2. The van der Waals surface area contributed by atoms with Gasteiger partial charge in [0.15, 0.2) is 0 Å². The first-order chi connectivity index (χ1) is 21.6. The van der Waals surface area contributed by atoms with Gasteiger partial charge in [-0.1, -0.05) is 25.3 Å². The van der Waals surface area contributed by atoms with E-state index in [4.69, 9.17) is 4.74 Å². The maximum absolute atomic E-state index is 14.7. The number of likely N-dealkylation sites (N-methyl/N-ethyl adjacent to an activating group) is 1. The van der Waals surface area contributed by atoms with Crippen molar-refractivity contribution in [2.24, 2.45) is 5.41 Å². The smallest absolute Gasteiger partial charge is 0.301 e. The standard InChI is InChI=1S/C34H41N5O5S/c1-35-45(42,43)36-32(40)21-9-11-26-29(13-21)38-19-34(33(41)39-22-14-23(39)18-37(2)17-22)16-28(34)27-15-24(44-3)10-12-25(27)31(38)30(26)20-7-5-4-6-8-20/h9-13,15,20,22-23,28,35H,4-8,14,16-19H2,1-3H3,(H,36,40)/t22-,23+,28?,34?. The van der Waals surface area contributed by atoms with Gasteiger partial charge in [0, 0.05) is 66.7 Å². The van der Waals surface area contributed by atoms with Gasteiger partial charge in [-0.2, -0.15) is 8.42 Å². The number of aromatic nitrogens is 1. The molecule has 1 aromatic heterocycles. The van der Waals surface area contributed by atoms with Crippen molar-refractivity contribution < 1.29 is 22.7 Å². The lowest BCUT2D eigenvalue weighted by Crippen LogP contribution is -2.70. The fourth-order valence-electron chi connectivity index (χ4n) is 9.06. The summed E-state index contributed by atoms with van der Waals surface area (Å²) < 4.78 is 36.7. The van der Waals surface area contributed by atoms with E-state index in [0.717, 1.165) is 66.7 Å². The molecule has 10 nitrogen and oxygen atoms in total. The molecule has 5 aliphatic rings. The summed E-state index contributed by atoms with van der Waals surface area (Å²) in [5.74, 6) is 0.794. The van der Waals surface area contributed by atoms with Crippen LogP contribution in [0, 0.1) is 5.41 Å². The maximum Gasteiger partial charge on any atom is 0.301 e. The zero-order valence-electron chi connectivity index (χ0n) is 26.1. The van der Waals surface area contributed by atoms with Gasteiger partial charge in [0.25, 0.3) is 5.91 Å². The Morgan fingerprint density at radius 3 is 2.49 bits per heavy atom. The van der Waals surface area contributed by atoms with Crippen molar-refractivity contribution in [3.63, 3.8) is 0 Å². The molecule has 2 saturated carbocycles. The van der Waals surface area contributed by atoms with Crippen molar-refractivity contribution in [3.8, 4) is 17.0 Å². The highest BCUT2D eigenvalue weighted by Gasteiger charge is 2.66. The Hall–Kier alpha value is -3.41. The van der Waals surface area contributed by atoms with E-state index in [0.29, 0.717) is 12.5 Å². The number of piperidine rings is 1. The summed E-state index contributed by atoms with van der Waals surface area (Å²) >= 11 is 0. The van der Waals surface area contributed by atoms with Crippen molar-refractivity contribution in [1.29, 1.82) is 0 Å². The molecule has 3 aromatic rings. The summed E-state index contributed by atoms with van der Waals surface area (Å²) in [7, 11) is 1.12. The number of carbonyl (C=O) groups excluding carboxylic acids is 2. The topological polar surface area (TPSA) is 113 Å². The van der Waals surface area contributed by atoms with Gasteiger partial charge in [-0.3, -0.25) is 9.59 Å². The molecule has 4 fully saturated rings. The van der Waals surface area contributed by atoms with Crippen LogP contribution in [0.2, 0.25) is 0 Å². The van der Waals surface area contributed by atoms with Crippen LogP contribution < -0.4 is 14.2 Å². The molecule has 4 atom stereocenters. The highest BCUT2D eigenvalue weighted by molar-refractivity contribution is 7.88. The number of hydrogen-bond acceptors (Lipinski definition) is 6. The second-order valence-electron chi connectivity index (χ2n) is 13.9. The van der Waals surface area contributed by atoms with Crippen LogP contribution in [0.5, 0.6) is 5.75 Å². The number of carbonyl (C=O) groups is 2. The van der Waals surface area contributed by atoms with Gasteiger partial charge in [0.1, 0.15) is 5.75 Å². The van der Waals surface area contributed by atoms with Gasteiger partial charge < -0.3 is 19.1 Å². The van der Waals surface area contributed by atoms with Crippen LogP contribution in [0.25, 0.3) is 22.2 Å². The molecule has 2 aliphatic carbocycles. The number of rotatable bonds is 6. The fraction of sp³-hybridized carbons (Fsp3) is 0.529. The molecule has 45 heavy (non-hydrogen) atoms. The molecule has 0 radical (unpaired) electrons. The van der Waals surface area contributed by atoms with Crippen molar-refractivity contribution >= 4 is 32.9 Å². The molecule has 2 saturated heterocycles. The first-order valence-electron chi connectivity index (χ1n) is 16.3. The van der Waals surface area contributed by atoms with E-state index in [-0.39, 0.29) is 29.5 Å². The number of amides is 2. The predicted molar refractivity (Wildman–Crippen MR) is 172 cm³/mol. The summed E-state index contributed by atoms with van der Waals surface area (Å²) in [6, 6.07) is 12.4. The highest BCUT2D eigenvalue weighted by Crippen LogP contribution is 2.67. The predicted octanol–water partition coefficient (Wildman–Crippen LogP) is 3.96. The van der Waals surface area contributed by atoms with Crippen LogP contribution in [0.4, 0.5) is 0 Å². The van der Waals surface area contributed by atoms with Crippen LogP contribution >= 0.6 is 0 Å².